The Morgan fingerprint density at radius 1 is 1.50 bits per heavy atom. The van der Waals surface area contributed by atoms with Crippen molar-refractivity contribution in [3.8, 4) is 0 Å². The van der Waals surface area contributed by atoms with Crippen LogP contribution < -0.4 is 9.60 Å². The normalized spacial score (nSPS) is 11.8. The van der Waals surface area contributed by atoms with Crippen LogP contribution in [0.1, 0.15) is 11.5 Å². The number of hydrogen-bond donors (Lipinski definition) is 3. The van der Waals surface area contributed by atoms with E-state index in [1.165, 1.54) is 0 Å². The maximum absolute atomic E-state index is 11.9. The number of hydrogen-bond acceptors (Lipinski definition) is 5. The molecule has 0 saturated heterocycles. The number of aryl methyl sites for hydroxylation is 1. The van der Waals surface area contributed by atoms with E-state index >= 15 is 0 Å². The number of nitrogens with zero attached hydrogens (tertiary/aromatic N) is 1. The summed E-state index contributed by atoms with van der Waals surface area (Å²) < 4.78 is 26.3. The van der Waals surface area contributed by atoms with Crippen molar-refractivity contribution in [2.45, 2.75) is 17.6 Å². The smallest absolute Gasteiger partial charge is 0.305 e. The van der Waals surface area contributed by atoms with Crippen molar-refractivity contribution in [2.24, 2.45) is 0 Å². The fourth-order valence-corrected chi connectivity index (χ4v) is 3.83. The van der Waals surface area contributed by atoms with Crippen LogP contribution in [0.2, 0.25) is 0 Å². The molecule has 98 valence electrons. The standard InChI is InChI=1S/C9H12N4O3S2/c1-6-8(17-9(14)13-6)18(15,16)12-3-2-7-10-4-5-11-7/h4-5,12H,2-3H2,1H3,(H,10,11)(H,13,14). The molecule has 0 atom stereocenters. The van der Waals surface area contributed by atoms with Crippen LogP contribution in [0.4, 0.5) is 0 Å². The van der Waals surface area contributed by atoms with Crippen molar-refractivity contribution < 1.29 is 8.42 Å². The third-order valence-electron chi connectivity index (χ3n) is 2.23. The van der Waals surface area contributed by atoms with Crippen molar-refractivity contribution in [3.05, 3.63) is 33.6 Å². The fraction of sp³-hybridized carbons (Fsp3) is 0.333. The average molecular weight is 288 g/mol. The first-order valence-electron chi connectivity index (χ1n) is 5.16. The number of thiazole rings is 1. The van der Waals surface area contributed by atoms with E-state index in [4.69, 9.17) is 0 Å². The van der Waals surface area contributed by atoms with E-state index < -0.39 is 10.0 Å². The molecule has 0 aliphatic carbocycles. The van der Waals surface area contributed by atoms with Gasteiger partial charge in [-0.2, -0.15) is 0 Å². The van der Waals surface area contributed by atoms with E-state index in [1.54, 1.807) is 19.3 Å². The lowest BCUT2D eigenvalue weighted by Gasteiger charge is -2.03. The number of aromatic amines is 2. The maximum atomic E-state index is 11.9. The first kappa shape index (κ1) is 13.0. The van der Waals surface area contributed by atoms with Crippen molar-refractivity contribution in [1.29, 1.82) is 0 Å². The summed E-state index contributed by atoms with van der Waals surface area (Å²) in [4.78, 5) is 20.0. The van der Waals surface area contributed by atoms with Gasteiger partial charge in [-0.15, -0.1) is 0 Å². The summed E-state index contributed by atoms with van der Waals surface area (Å²) >= 11 is 0.684. The Hall–Kier alpha value is -1.45. The number of H-pyrrole nitrogens is 2. The second kappa shape index (κ2) is 5.04. The van der Waals surface area contributed by atoms with Crippen LogP contribution in [0.25, 0.3) is 0 Å². The van der Waals surface area contributed by atoms with Gasteiger partial charge in [-0.3, -0.25) is 4.79 Å². The van der Waals surface area contributed by atoms with Crippen LogP contribution in [0, 0.1) is 6.92 Å². The Balaban J connectivity index is 2.04. The van der Waals surface area contributed by atoms with E-state index in [9.17, 15) is 13.2 Å². The topological polar surface area (TPSA) is 108 Å². The summed E-state index contributed by atoms with van der Waals surface area (Å²) in [6.07, 6.45) is 3.74. The van der Waals surface area contributed by atoms with Gasteiger partial charge in [-0.1, -0.05) is 11.3 Å². The minimum Gasteiger partial charge on any atom is -0.349 e. The third-order valence-corrected chi connectivity index (χ3v) is 5.30. The minimum atomic E-state index is -3.63. The van der Waals surface area contributed by atoms with E-state index in [0.717, 1.165) is 0 Å². The number of aromatic nitrogens is 3. The summed E-state index contributed by atoms with van der Waals surface area (Å²) in [6.45, 7) is 1.78. The van der Waals surface area contributed by atoms with Gasteiger partial charge in [0.2, 0.25) is 0 Å². The fourth-order valence-electron chi connectivity index (χ4n) is 1.45. The SMILES string of the molecule is Cc1[nH]c(=O)sc1S(=O)(=O)NCCc1ncc[nH]1. The molecule has 0 spiro atoms. The Labute approximate surface area is 107 Å². The van der Waals surface area contributed by atoms with Gasteiger partial charge in [0.25, 0.3) is 10.0 Å². The Kier molecular flexibility index (Phi) is 3.64. The van der Waals surface area contributed by atoms with Crippen LogP contribution in [-0.2, 0) is 16.4 Å². The zero-order chi connectivity index (χ0) is 13.2. The number of nitrogens with one attached hydrogen (secondary N) is 3. The summed E-state index contributed by atoms with van der Waals surface area (Å²) in [7, 11) is -3.63. The van der Waals surface area contributed by atoms with Crippen LogP contribution >= 0.6 is 11.3 Å². The van der Waals surface area contributed by atoms with Crippen molar-refractivity contribution in [3.63, 3.8) is 0 Å². The van der Waals surface area contributed by atoms with Gasteiger partial charge in [0.05, 0.1) is 0 Å². The van der Waals surface area contributed by atoms with Gasteiger partial charge in [0, 0.05) is 31.1 Å². The molecule has 0 fully saturated rings. The molecular weight excluding hydrogens is 276 g/mol. The molecule has 0 bridgehead atoms. The molecule has 0 radical (unpaired) electrons. The molecule has 2 rings (SSSR count). The molecule has 18 heavy (non-hydrogen) atoms. The highest BCUT2D eigenvalue weighted by Crippen LogP contribution is 2.15. The van der Waals surface area contributed by atoms with Gasteiger partial charge in [-0.25, -0.2) is 18.1 Å². The molecule has 0 saturated carbocycles. The van der Waals surface area contributed by atoms with E-state index in [1.807, 2.05) is 0 Å². The van der Waals surface area contributed by atoms with Crippen LogP contribution in [-0.4, -0.2) is 29.9 Å². The second-order valence-electron chi connectivity index (χ2n) is 3.61. The molecule has 0 unspecified atom stereocenters. The second-order valence-corrected chi connectivity index (χ2v) is 6.56. The molecule has 9 heteroatoms. The molecule has 0 amide bonds. The predicted octanol–water partition coefficient (Wildman–Crippen LogP) is -0.0111. The molecule has 7 nitrogen and oxygen atoms in total. The Bertz CT molecular complexity index is 669. The zero-order valence-electron chi connectivity index (χ0n) is 9.56. The Morgan fingerprint density at radius 2 is 2.28 bits per heavy atom. The number of sulfonamides is 1. The van der Waals surface area contributed by atoms with Crippen molar-refractivity contribution >= 4 is 21.4 Å². The van der Waals surface area contributed by atoms with E-state index in [-0.39, 0.29) is 15.6 Å². The highest BCUT2D eigenvalue weighted by molar-refractivity contribution is 7.91. The maximum Gasteiger partial charge on any atom is 0.305 e. The quantitative estimate of drug-likeness (QED) is 0.719. The number of rotatable bonds is 5. The number of imidazole rings is 1. The van der Waals surface area contributed by atoms with Gasteiger partial charge < -0.3 is 9.97 Å². The highest BCUT2D eigenvalue weighted by atomic mass is 32.2. The summed E-state index contributed by atoms with van der Waals surface area (Å²) in [5, 5.41) is 0. The largest absolute Gasteiger partial charge is 0.349 e. The molecule has 3 N–H and O–H groups in total. The van der Waals surface area contributed by atoms with E-state index in [0.29, 0.717) is 29.3 Å². The zero-order valence-corrected chi connectivity index (χ0v) is 11.2. The summed E-state index contributed by atoms with van der Waals surface area (Å²) in [5.74, 6) is 0.705. The Morgan fingerprint density at radius 3 is 2.83 bits per heavy atom. The predicted molar refractivity (Wildman–Crippen MR) is 67.2 cm³/mol. The lowest BCUT2D eigenvalue weighted by atomic mass is 10.4. The molecule has 0 aliphatic rings. The first-order chi connectivity index (χ1) is 8.49. The van der Waals surface area contributed by atoms with Gasteiger partial charge in [0.15, 0.2) is 4.21 Å². The van der Waals surface area contributed by atoms with Gasteiger partial charge in [0.1, 0.15) is 5.82 Å². The first-order valence-corrected chi connectivity index (χ1v) is 7.46. The van der Waals surface area contributed by atoms with Crippen LogP contribution in [0.15, 0.2) is 21.4 Å². The highest BCUT2D eigenvalue weighted by Gasteiger charge is 2.19. The monoisotopic (exact) mass is 288 g/mol. The van der Waals surface area contributed by atoms with Crippen LogP contribution in [0.5, 0.6) is 0 Å². The molecule has 2 aromatic heterocycles. The summed E-state index contributed by atoms with van der Waals surface area (Å²) in [5.41, 5.74) is 0.357. The van der Waals surface area contributed by atoms with Crippen molar-refractivity contribution in [2.75, 3.05) is 6.54 Å². The molecule has 0 aromatic carbocycles. The van der Waals surface area contributed by atoms with Crippen LogP contribution in [0.3, 0.4) is 0 Å². The molecule has 2 aromatic rings. The van der Waals surface area contributed by atoms with Crippen molar-refractivity contribution in [1.82, 2.24) is 19.7 Å². The summed E-state index contributed by atoms with van der Waals surface area (Å²) in [6, 6.07) is 0. The molecule has 2 heterocycles. The molecule has 0 aliphatic heterocycles. The van der Waals surface area contributed by atoms with Gasteiger partial charge in [-0.05, 0) is 6.92 Å². The average Bonchev–Trinajstić information content (AvgIpc) is 2.88. The minimum absolute atomic E-state index is 0.0342. The third kappa shape index (κ3) is 2.86. The van der Waals surface area contributed by atoms with E-state index in [2.05, 4.69) is 19.7 Å². The molecular formula is C9H12N4O3S2. The lowest BCUT2D eigenvalue weighted by molar-refractivity contribution is 0.582. The van der Waals surface area contributed by atoms with Gasteiger partial charge >= 0.3 is 4.87 Å². The lowest BCUT2D eigenvalue weighted by Crippen LogP contribution is -2.26.